The average molecular weight is 497 g/mol. The number of aryl methyl sites for hydroxylation is 1. The molecule has 6 nitrogen and oxygen atoms in total. The van der Waals surface area contributed by atoms with Gasteiger partial charge in [-0.2, -0.15) is 0 Å². The van der Waals surface area contributed by atoms with Gasteiger partial charge < -0.3 is 9.64 Å². The van der Waals surface area contributed by atoms with Crippen molar-refractivity contribution in [3.63, 3.8) is 0 Å². The van der Waals surface area contributed by atoms with Crippen LogP contribution in [-0.2, 0) is 30.9 Å². The zero-order valence-electron chi connectivity index (χ0n) is 19.8. The highest BCUT2D eigenvalue weighted by Gasteiger charge is 2.33. The summed E-state index contributed by atoms with van der Waals surface area (Å²) in [5.74, 6) is 1.25. The summed E-state index contributed by atoms with van der Waals surface area (Å²) in [6.45, 7) is 1.52. The standard InChI is InChI=1S/C29H25ClN4O2/c30-27-24-16-36-15-23(24)22-9-5-17(11-25(22)33-27)14-34(26-10-8-18-3-1-2-4-21(18)26)29(35)20-12-31-28(32-13-20)19-6-7-19/h1-5,9,11-13,19,26H,6-8,10,14-16H2. The molecule has 3 aliphatic rings. The second-order valence-corrected chi connectivity index (χ2v) is 10.4. The predicted molar refractivity (Wildman–Crippen MR) is 137 cm³/mol. The number of nitrogens with zero attached hydrogens (tertiary/aromatic N) is 4. The Kier molecular flexibility index (Phi) is 5.26. The van der Waals surface area contributed by atoms with Crippen molar-refractivity contribution in [3.8, 4) is 0 Å². The molecule has 1 fully saturated rings. The van der Waals surface area contributed by atoms with E-state index >= 15 is 0 Å². The summed E-state index contributed by atoms with van der Waals surface area (Å²) < 4.78 is 5.62. The lowest BCUT2D eigenvalue weighted by molar-refractivity contribution is 0.0657. The maximum absolute atomic E-state index is 13.9. The fraction of sp³-hybridized carbons (Fsp3) is 0.310. The molecule has 7 rings (SSSR count). The summed E-state index contributed by atoms with van der Waals surface area (Å²) in [7, 11) is 0. The number of carbonyl (C=O) groups excluding carboxylic acids is 1. The number of pyridine rings is 1. The molecule has 0 spiro atoms. The molecule has 0 saturated heterocycles. The second-order valence-electron chi connectivity index (χ2n) is 9.99. The first-order chi connectivity index (χ1) is 17.7. The van der Waals surface area contributed by atoms with Gasteiger partial charge in [0.05, 0.1) is 30.3 Å². The van der Waals surface area contributed by atoms with E-state index in [9.17, 15) is 4.79 Å². The Balaban J connectivity index is 1.26. The molecule has 1 aliphatic heterocycles. The van der Waals surface area contributed by atoms with Gasteiger partial charge in [0.2, 0.25) is 0 Å². The second kappa shape index (κ2) is 8.64. The minimum Gasteiger partial charge on any atom is -0.372 e. The van der Waals surface area contributed by atoms with Crippen molar-refractivity contribution in [1.29, 1.82) is 0 Å². The lowest BCUT2D eigenvalue weighted by Crippen LogP contribution is -2.34. The molecule has 1 atom stereocenters. The fourth-order valence-corrected chi connectivity index (χ4v) is 5.86. The van der Waals surface area contributed by atoms with Crippen molar-refractivity contribution in [3.05, 3.63) is 99.2 Å². The van der Waals surface area contributed by atoms with Gasteiger partial charge in [0.25, 0.3) is 5.91 Å². The molecular weight excluding hydrogens is 472 g/mol. The van der Waals surface area contributed by atoms with Gasteiger partial charge in [0, 0.05) is 35.8 Å². The number of rotatable bonds is 5. The van der Waals surface area contributed by atoms with E-state index in [1.165, 1.54) is 11.1 Å². The highest BCUT2D eigenvalue weighted by Crippen LogP contribution is 2.39. The van der Waals surface area contributed by atoms with E-state index in [1.54, 1.807) is 12.4 Å². The SMILES string of the molecule is O=C(c1cnc(C2CC2)nc1)N(Cc1ccc2c3c(c(Cl)nc2c1)COC3)C1CCc2ccccc21. The maximum atomic E-state index is 13.9. The minimum atomic E-state index is -0.0486. The van der Waals surface area contributed by atoms with Gasteiger partial charge in [0.1, 0.15) is 11.0 Å². The fourth-order valence-electron chi connectivity index (χ4n) is 5.60. The number of hydrogen-bond acceptors (Lipinski definition) is 5. The highest BCUT2D eigenvalue weighted by atomic mass is 35.5. The number of amides is 1. The molecule has 1 unspecified atom stereocenters. The Morgan fingerprint density at radius 1 is 1.03 bits per heavy atom. The molecule has 36 heavy (non-hydrogen) atoms. The maximum Gasteiger partial charge on any atom is 0.257 e. The zero-order valence-corrected chi connectivity index (χ0v) is 20.5. The van der Waals surface area contributed by atoms with Crippen LogP contribution in [0.15, 0.2) is 54.9 Å². The minimum absolute atomic E-state index is 0.00234. The van der Waals surface area contributed by atoms with Crippen LogP contribution >= 0.6 is 11.6 Å². The topological polar surface area (TPSA) is 68.2 Å². The quantitative estimate of drug-likeness (QED) is 0.321. The van der Waals surface area contributed by atoms with Crippen molar-refractivity contribution in [2.24, 2.45) is 0 Å². The van der Waals surface area contributed by atoms with Gasteiger partial charge >= 0.3 is 0 Å². The predicted octanol–water partition coefficient (Wildman–Crippen LogP) is 5.92. The van der Waals surface area contributed by atoms with Crippen LogP contribution in [0.25, 0.3) is 10.9 Å². The summed E-state index contributed by atoms with van der Waals surface area (Å²) in [6.07, 6.45) is 7.52. The molecule has 0 bridgehead atoms. The number of aromatic nitrogens is 3. The molecule has 1 saturated carbocycles. The van der Waals surface area contributed by atoms with Crippen LogP contribution in [0.1, 0.15) is 75.2 Å². The van der Waals surface area contributed by atoms with Crippen molar-refractivity contribution >= 4 is 28.4 Å². The van der Waals surface area contributed by atoms with E-state index in [4.69, 9.17) is 16.3 Å². The van der Waals surface area contributed by atoms with Crippen LogP contribution in [0.5, 0.6) is 0 Å². The molecule has 4 aromatic rings. The number of carbonyl (C=O) groups is 1. The van der Waals surface area contributed by atoms with E-state index in [-0.39, 0.29) is 11.9 Å². The molecular formula is C29H25ClN4O2. The lowest BCUT2D eigenvalue weighted by Gasteiger charge is -2.30. The Bertz CT molecular complexity index is 1500. The number of benzene rings is 2. The normalized spacial score (nSPS) is 18.3. The third-order valence-electron chi connectivity index (χ3n) is 7.66. The van der Waals surface area contributed by atoms with Crippen molar-refractivity contribution in [2.45, 2.75) is 57.4 Å². The molecule has 2 aromatic heterocycles. The third kappa shape index (κ3) is 3.76. The van der Waals surface area contributed by atoms with E-state index in [2.05, 4.69) is 51.4 Å². The largest absolute Gasteiger partial charge is 0.372 e. The van der Waals surface area contributed by atoms with Crippen molar-refractivity contribution in [1.82, 2.24) is 19.9 Å². The summed E-state index contributed by atoms with van der Waals surface area (Å²) in [6, 6.07) is 14.6. The lowest BCUT2D eigenvalue weighted by atomic mass is 10.0. The Morgan fingerprint density at radius 2 is 1.83 bits per heavy atom. The average Bonchev–Trinajstić information content (AvgIpc) is 3.47. The van der Waals surface area contributed by atoms with Crippen LogP contribution in [-0.4, -0.2) is 25.8 Å². The number of halogens is 1. The molecule has 2 aromatic carbocycles. The van der Waals surface area contributed by atoms with E-state index in [1.807, 2.05) is 11.0 Å². The monoisotopic (exact) mass is 496 g/mol. The molecule has 0 N–H and O–H groups in total. The van der Waals surface area contributed by atoms with E-state index in [0.29, 0.717) is 36.4 Å². The molecule has 180 valence electrons. The Morgan fingerprint density at radius 3 is 2.67 bits per heavy atom. The molecule has 2 aliphatic carbocycles. The first-order valence-electron chi connectivity index (χ1n) is 12.5. The van der Waals surface area contributed by atoms with Crippen molar-refractivity contribution in [2.75, 3.05) is 0 Å². The molecule has 3 heterocycles. The molecule has 7 heteroatoms. The number of fused-ring (bicyclic) bond motifs is 4. The molecule has 1 amide bonds. The first kappa shape index (κ1) is 21.9. The zero-order chi connectivity index (χ0) is 24.2. The summed E-state index contributed by atoms with van der Waals surface area (Å²) in [4.78, 5) is 29.5. The number of ether oxygens (including phenoxy) is 1. The van der Waals surface area contributed by atoms with Gasteiger partial charge in [0.15, 0.2) is 0 Å². The first-order valence-corrected chi connectivity index (χ1v) is 12.9. The van der Waals surface area contributed by atoms with Crippen LogP contribution in [0.3, 0.4) is 0 Å². The smallest absolute Gasteiger partial charge is 0.257 e. The van der Waals surface area contributed by atoms with Gasteiger partial charge in [-0.05, 0) is 54.0 Å². The summed E-state index contributed by atoms with van der Waals surface area (Å²) >= 11 is 6.47. The van der Waals surface area contributed by atoms with Gasteiger partial charge in [-0.1, -0.05) is 48.0 Å². The van der Waals surface area contributed by atoms with Crippen LogP contribution in [0.4, 0.5) is 0 Å². The number of hydrogen-bond donors (Lipinski definition) is 0. The summed E-state index contributed by atoms with van der Waals surface area (Å²) in [5, 5.41) is 1.56. The Hall–Kier alpha value is -3.35. The van der Waals surface area contributed by atoms with E-state index in [0.717, 1.165) is 59.1 Å². The van der Waals surface area contributed by atoms with Crippen LogP contribution < -0.4 is 0 Å². The Labute approximate surface area is 214 Å². The third-order valence-corrected chi connectivity index (χ3v) is 7.98. The van der Waals surface area contributed by atoms with Gasteiger partial charge in [-0.25, -0.2) is 15.0 Å². The highest BCUT2D eigenvalue weighted by molar-refractivity contribution is 6.30. The van der Waals surface area contributed by atoms with Crippen LogP contribution in [0.2, 0.25) is 5.15 Å². The van der Waals surface area contributed by atoms with Crippen LogP contribution in [0, 0.1) is 0 Å². The van der Waals surface area contributed by atoms with Gasteiger partial charge in [-0.15, -0.1) is 0 Å². The van der Waals surface area contributed by atoms with Crippen molar-refractivity contribution < 1.29 is 9.53 Å². The summed E-state index contributed by atoms with van der Waals surface area (Å²) in [5.41, 5.74) is 6.99. The van der Waals surface area contributed by atoms with E-state index < -0.39 is 0 Å². The van der Waals surface area contributed by atoms with Gasteiger partial charge in [-0.3, -0.25) is 4.79 Å². The molecule has 0 radical (unpaired) electrons.